The fourth-order valence-corrected chi connectivity index (χ4v) is 2.01. The number of phenols is 1. The quantitative estimate of drug-likeness (QED) is 0.695. The molecule has 1 heterocycles. The van der Waals surface area contributed by atoms with Gasteiger partial charge in [-0.2, -0.15) is 0 Å². The van der Waals surface area contributed by atoms with E-state index in [1.165, 1.54) is 0 Å². The predicted octanol–water partition coefficient (Wildman–Crippen LogP) is 3.10. The Morgan fingerprint density at radius 2 is 1.76 bits per heavy atom. The average Bonchev–Trinajstić information content (AvgIpc) is 2.35. The Kier molecular flexibility index (Phi) is 2.18. The Labute approximate surface area is 99.2 Å². The molecule has 0 saturated carbocycles. The first-order valence-corrected chi connectivity index (χ1v) is 5.43. The van der Waals surface area contributed by atoms with Crippen LogP contribution in [0, 0.1) is 0 Å². The molecule has 17 heavy (non-hydrogen) atoms. The van der Waals surface area contributed by atoms with Gasteiger partial charge in [-0.05, 0) is 23.3 Å². The summed E-state index contributed by atoms with van der Waals surface area (Å²) in [5.74, 6) is 2.50. The minimum atomic E-state index is 0.218. The first kappa shape index (κ1) is 10.0. The van der Waals surface area contributed by atoms with Crippen molar-refractivity contribution in [3.05, 3.63) is 47.5 Å². The summed E-state index contributed by atoms with van der Waals surface area (Å²) in [4.78, 5) is 0. The van der Waals surface area contributed by atoms with E-state index in [4.69, 9.17) is 9.47 Å². The van der Waals surface area contributed by atoms with Crippen LogP contribution < -0.4 is 9.47 Å². The first-order chi connectivity index (χ1) is 8.26. The van der Waals surface area contributed by atoms with Gasteiger partial charge in [0.05, 0.1) is 7.11 Å². The predicted molar refractivity (Wildman–Crippen MR) is 64.0 cm³/mol. The van der Waals surface area contributed by atoms with Gasteiger partial charge in [-0.1, -0.05) is 12.1 Å². The normalized spacial score (nSPS) is 12.3. The SMILES string of the molecule is COc1ccc2c(c1)Oc1cc(O)ccc1C2. The number of rotatable bonds is 1. The summed E-state index contributed by atoms with van der Waals surface area (Å²) in [6.07, 6.45) is 0.814. The monoisotopic (exact) mass is 228 g/mol. The molecule has 3 rings (SSSR count). The first-order valence-electron chi connectivity index (χ1n) is 5.43. The molecule has 2 aromatic rings. The molecular weight excluding hydrogens is 216 g/mol. The van der Waals surface area contributed by atoms with Gasteiger partial charge in [-0.3, -0.25) is 0 Å². The van der Waals surface area contributed by atoms with E-state index in [-0.39, 0.29) is 5.75 Å². The molecule has 1 aliphatic heterocycles. The van der Waals surface area contributed by atoms with Gasteiger partial charge in [0.1, 0.15) is 23.0 Å². The van der Waals surface area contributed by atoms with Gasteiger partial charge in [0, 0.05) is 18.6 Å². The molecule has 0 saturated heterocycles. The fourth-order valence-electron chi connectivity index (χ4n) is 2.01. The second kappa shape index (κ2) is 3.70. The molecule has 1 aliphatic rings. The van der Waals surface area contributed by atoms with Crippen LogP contribution in [-0.2, 0) is 6.42 Å². The van der Waals surface area contributed by atoms with Crippen molar-refractivity contribution < 1.29 is 14.6 Å². The highest BCUT2D eigenvalue weighted by atomic mass is 16.5. The Bertz CT molecular complexity index is 576. The van der Waals surface area contributed by atoms with Gasteiger partial charge in [0.2, 0.25) is 0 Å². The van der Waals surface area contributed by atoms with Crippen molar-refractivity contribution in [2.75, 3.05) is 7.11 Å². The van der Waals surface area contributed by atoms with Crippen molar-refractivity contribution in [2.45, 2.75) is 6.42 Å². The molecule has 3 nitrogen and oxygen atoms in total. The fraction of sp³-hybridized carbons (Fsp3) is 0.143. The minimum Gasteiger partial charge on any atom is -0.508 e. The number of hydrogen-bond donors (Lipinski definition) is 1. The van der Waals surface area contributed by atoms with Crippen LogP contribution in [0.3, 0.4) is 0 Å². The van der Waals surface area contributed by atoms with Gasteiger partial charge in [-0.15, -0.1) is 0 Å². The van der Waals surface area contributed by atoms with Gasteiger partial charge in [0.15, 0.2) is 0 Å². The lowest BCUT2D eigenvalue weighted by Gasteiger charge is -2.20. The topological polar surface area (TPSA) is 38.7 Å². The highest BCUT2D eigenvalue weighted by Gasteiger charge is 2.17. The van der Waals surface area contributed by atoms with E-state index in [9.17, 15) is 5.11 Å². The third-order valence-electron chi connectivity index (χ3n) is 2.93. The van der Waals surface area contributed by atoms with E-state index in [0.717, 1.165) is 29.0 Å². The third kappa shape index (κ3) is 1.69. The standard InChI is InChI=1S/C14H12O3/c1-16-12-5-3-10-6-9-2-4-11(15)7-13(9)17-14(10)8-12/h2-5,7-8,15H,6H2,1H3. The second-order valence-corrected chi connectivity index (χ2v) is 4.04. The van der Waals surface area contributed by atoms with E-state index >= 15 is 0 Å². The van der Waals surface area contributed by atoms with Crippen LogP contribution in [0.25, 0.3) is 0 Å². The number of methoxy groups -OCH3 is 1. The van der Waals surface area contributed by atoms with Crippen LogP contribution in [0.5, 0.6) is 23.0 Å². The van der Waals surface area contributed by atoms with Crippen molar-refractivity contribution >= 4 is 0 Å². The van der Waals surface area contributed by atoms with Crippen LogP contribution in [0.2, 0.25) is 0 Å². The highest BCUT2D eigenvalue weighted by molar-refractivity contribution is 5.53. The molecule has 0 radical (unpaired) electrons. The molecule has 0 aromatic heterocycles. The summed E-state index contributed by atoms with van der Waals surface area (Å²) < 4.78 is 10.9. The zero-order valence-corrected chi connectivity index (χ0v) is 9.43. The summed E-state index contributed by atoms with van der Waals surface area (Å²) in [7, 11) is 1.63. The van der Waals surface area contributed by atoms with Crippen molar-refractivity contribution in [2.24, 2.45) is 0 Å². The highest BCUT2D eigenvalue weighted by Crippen LogP contribution is 2.39. The number of aromatic hydroxyl groups is 1. The summed E-state index contributed by atoms with van der Waals surface area (Å²) >= 11 is 0. The molecule has 0 bridgehead atoms. The van der Waals surface area contributed by atoms with Crippen molar-refractivity contribution in [3.63, 3.8) is 0 Å². The van der Waals surface area contributed by atoms with Crippen molar-refractivity contribution in [3.8, 4) is 23.0 Å². The van der Waals surface area contributed by atoms with Crippen LogP contribution >= 0.6 is 0 Å². The number of phenolic OH excluding ortho intramolecular Hbond substituents is 1. The molecule has 0 fully saturated rings. The minimum absolute atomic E-state index is 0.218. The van der Waals surface area contributed by atoms with E-state index in [0.29, 0.717) is 5.75 Å². The Balaban J connectivity index is 2.05. The van der Waals surface area contributed by atoms with E-state index in [1.54, 1.807) is 19.2 Å². The second-order valence-electron chi connectivity index (χ2n) is 4.04. The molecule has 2 aromatic carbocycles. The van der Waals surface area contributed by atoms with Crippen molar-refractivity contribution in [1.82, 2.24) is 0 Å². The average molecular weight is 228 g/mol. The molecule has 0 unspecified atom stereocenters. The molecular formula is C14H12O3. The largest absolute Gasteiger partial charge is 0.508 e. The number of hydrogen-bond acceptors (Lipinski definition) is 3. The lowest BCUT2D eigenvalue weighted by Crippen LogP contribution is -2.02. The maximum atomic E-state index is 9.43. The van der Waals surface area contributed by atoms with Crippen LogP contribution in [0.1, 0.15) is 11.1 Å². The van der Waals surface area contributed by atoms with Crippen LogP contribution in [-0.4, -0.2) is 12.2 Å². The lowest BCUT2D eigenvalue weighted by atomic mass is 10.0. The number of benzene rings is 2. The van der Waals surface area contributed by atoms with Gasteiger partial charge in [0.25, 0.3) is 0 Å². The van der Waals surface area contributed by atoms with Crippen LogP contribution in [0.15, 0.2) is 36.4 Å². The lowest BCUT2D eigenvalue weighted by molar-refractivity contribution is 0.405. The van der Waals surface area contributed by atoms with Crippen molar-refractivity contribution in [1.29, 1.82) is 0 Å². The molecule has 0 aliphatic carbocycles. The van der Waals surface area contributed by atoms with Crippen LogP contribution in [0.4, 0.5) is 0 Å². The zero-order valence-electron chi connectivity index (χ0n) is 9.43. The number of ether oxygens (including phenoxy) is 2. The molecule has 0 spiro atoms. The van der Waals surface area contributed by atoms with Gasteiger partial charge in [-0.25, -0.2) is 0 Å². The Morgan fingerprint density at radius 1 is 1.06 bits per heavy atom. The van der Waals surface area contributed by atoms with E-state index in [1.807, 2.05) is 24.3 Å². The van der Waals surface area contributed by atoms with E-state index < -0.39 is 0 Å². The van der Waals surface area contributed by atoms with Gasteiger partial charge >= 0.3 is 0 Å². The summed E-state index contributed by atoms with van der Waals surface area (Å²) in [6, 6.07) is 11.0. The van der Waals surface area contributed by atoms with Gasteiger partial charge < -0.3 is 14.6 Å². The maximum Gasteiger partial charge on any atom is 0.134 e. The number of fused-ring (bicyclic) bond motifs is 2. The molecule has 0 amide bonds. The summed E-state index contributed by atoms with van der Waals surface area (Å²) in [5.41, 5.74) is 2.21. The molecule has 86 valence electrons. The Hall–Kier alpha value is -2.16. The molecule has 0 atom stereocenters. The third-order valence-corrected chi connectivity index (χ3v) is 2.93. The summed E-state index contributed by atoms with van der Waals surface area (Å²) in [6.45, 7) is 0. The molecule has 3 heteroatoms. The van der Waals surface area contributed by atoms with E-state index in [2.05, 4.69) is 0 Å². The Morgan fingerprint density at radius 3 is 2.53 bits per heavy atom. The zero-order chi connectivity index (χ0) is 11.8. The summed E-state index contributed by atoms with van der Waals surface area (Å²) in [5, 5.41) is 9.43. The maximum absolute atomic E-state index is 9.43. The smallest absolute Gasteiger partial charge is 0.134 e. The molecule has 1 N–H and O–H groups in total.